The fourth-order valence-electron chi connectivity index (χ4n) is 3.32. The average molecular weight is 355 g/mol. The fraction of sp³-hybridized carbons (Fsp3) is 0.389. The zero-order chi connectivity index (χ0) is 18.1. The molecule has 0 aromatic carbocycles. The first-order valence-corrected chi connectivity index (χ1v) is 8.63. The summed E-state index contributed by atoms with van der Waals surface area (Å²) < 4.78 is 10.6. The van der Waals surface area contributed by atoms with E-state index in [1.54, 1.807) is 6.07 Å². The van der Waals surface area contributed by atoms with Gasteiger partial charge in [0.15, 0.2) is 5.76 Å². The van der Waals surface area contributed by atoms with Crippen LogP contribution in [0.1, 0.15) is 28.3 Å². The van der Waals surface area contributed by atoms with E-state index in [0.717, 1.165) is 49.8 Å². The Morgan fingerprint density at radius 2 is 2.12 bits per heavy atom. The van der Waals surface area contributed by atoms with Crippen molar-refractivity contribution in [2.24, 2.45) is 5.10 Å². The van der Waals surface area contributed by atoms with Crippen LogP contribution in [0.4, 0.5) is 0 Å². The minimum absolute atomic E-state index is 0.252. The zero-order valence-electron chi connectivity index (χ0n) is 14.8. The third-order valence-electron chi connectivity index (χ3n) is 4.85. The second kappa shape index (κ2) is 6.89. The Kier molecular flexibility index (Phi) is 4.44. The van der Waals surface area contributed by atoms with Crippen LogP contribution in [0, 0.1) is 13.8 Å². The number of amides is 1. The van der Waals surface area contributed by atoms with Crippen molar-refractivity contribution in [1.82, 2.24) is 20.5 Å². The number of aromatic nitrogens is 2. The van der Waals surface area contributed by atoms with Gasteiger partial charge in [0.1, 0.15) is 5.71 Å². The first-order valence-electron chi connectivity index (χ1n) is 8.63. The molecule has 2 N–H and O–H groups in total. The molecule has 1 fully saturated rings. The molecule has 1 saturated heterocycles. The molecule has 4 heterocycles. The second-order valence-corrected chi connectivity index (χ2v) is 6.49. The summed E-state index contributed by atoms with van der Waals surface area (Å²) >= 11 is 0. The van der Waals surface area contributed by atoms with E-state index in [0.29, 0.717) is 17.0 Å². The summed E-state index contributed by atoms with van der Waals surface area (Å²) in [7, 11) is 0. The number of nitrogens with one attached hydrogen (secondary N) is 2. The van der Waals surface area contributed by atoms with E-state index in [2.05, 4.69) is 39.4 Å². The highest BCUT2D eigenvalue weighted by molar-refractivity contribution is 6.32. The number of morpholine rings is 1. The van der Waals surface area contributed by atoms with Crippen molar-refractivity contribution < 1.29 is 14.1 Å². The van der Waals surface area contributed by atoms with Crippen LogP contribution < -0.4 is 5.43 Å². The molecule has 0 aliphatic carbocycles. The van der Waals surface area contributed by atoms with Gasteiger partial charge in [0.25, 0.3) is 5.91 Å². The number of hydrogen-bond donors (Lipinski definition) is 2. The van der Waals surface area contributed by atoms with Crippen LogP contribution in [0.15, 0.2) is 27.5 Å². The van der Waals surface area contributed by atoms with E-state index in [1.807, 2.05) is 6.08 Å². The molecule has 8 nitrogen and oxygen atoms in total. The lowest BCUT2D eigenvalue weighted by Crippen LogP contribution is -2.35. The van der Waals surface area contributed by atoms with Crippen LogP contribution in [0.5, 0.6) is 0 Å². The average Bonchev–Trinajstić information content (AvgIpc) is 3.34. The number of rotatable bonds is 4. The summed E-state index contributed by atoms with van der Waals surface area (Å²) in [5.41, 5.74) is 7.83. The highest BCUT2D eigenvalue weighted by Gasteiger charge is 2.27. The second-order valence-electron chi connectivity index (χ2n) is 6.49. The molecule has 0 spiro atoms. The van der Waals surface area contributed by atoms with Crippen LogP contribution in [0.2, 0.25) is 0 Å². The van der Waals surface area contributed by atoms with E-state index < -0.39 is 0 Å². The predicted octanol–water partition coefficient (Wildman–Crippen LogP) is 1.37. The van der Waals surface area contributed by atoms with Crippen LogP contribution in [0.3, 0.4) is 0 Å². The van der Waals surface area contributed by atoms with Gasteiger partial charge in [-0.05, 0) is 31.1 Å². The predicted molar refractivity (Wildman–Crippen MR) is 95.5 cm³/mol. The number of carbonyl (C=O) groups is 1. The minimum atomic E-state index is -0.252. The minimum Gasteiger partial charge on any atom is -0.379 e. The summed E-state index contributed by atoms with van der Waals surface area (Å²) in [5, 5.41) is 7.76. The highest BCUT2D eigenvalue weighted by Crippen LogP contribution is 2.24. The van der Waals surface area contributed by atoms with E-state index >= 15 is 0 Å². The van der Waals surface area contributed by atoms with Crippen molar-refractivity contribution in [3.8, 4) is 0 Å². The first kappa shape index (κ1) is 16.7. The molecule has 0 radical (unpaired) electrons. The lowest BCUT2D eigenvalue weighted by molar-refractivity contribution is -0.116. The number of hydrazone groups is 1. The van der Waals surface area contributed by atoms with Crippen LogP contribution in [0.25, 0.3) is 6.08 Å². The van der Waals surface area contributed by atoms with Gasteiger partial charge in [0.05, 0.1) is 25.0 Å². The molecular formula is C18H21N5O3. The molecule has 2 aromatic heterocycles. The number of hydrogen-bond acceptors (Lipinski definition) is 6. The first-order chi connectivity index (χ1) is 12.6. The van der Waals surface area contributed by atoms with Crippen molar-refractivity contribution in [2.75, 3.05) is 26.3 Å². The standard InChI is InChI=1S/C18H21N5O3/c1-11-14(10-23-5-7-25-8-6-23)12(2)20-15(11)9-13-17(21-22-18(13)24)16-3-4-19-26-16/h3-4,9,20H,5-8,10H2,1-2H3,(H,22,24). The summed E-state index contributed by atoms with van der Waals surface area (Å²) in [5.74, 6) is 0.210. The third-order valence-corrected chi connectivity index (χ3v) is 4.85. The number of H-pyrrole nitrogens is 1. The topological polar surface area (TPSA) is 95.8 Å². The van der Waals surface area contributed by atoms with Crippen molar-refractivity contribution in [3.63, 3.8) is 0 Å². The molecule has 0 unspecified atom stereocenters. The van der Waals surface area contributed by atoms with Gasteiger partial charge in [-0.15, -0.1) is 0 Å². The Hall–Kier alpha value is -2.71. The van der Waals surface area contributed by atoms with E-state index in [1.165, 1.54) is 11.8 Å². The Bertz CT molecular complexity index is 873. The molecule has 1 amide bonds. The number of nitrogens with zero attached hydrogens (tertiary/aromatic N) is 3. The van der Waals surface area contributed by atoms with Gasteiger partial charge in [0.2, 0.25) is 0 Å². The normalized spacial score (nSPS) is 19.8. The lowest BCUT2D eigenvalue weighted by Gasteiger charge is -2.26. The van der Waals surface area contributed by atoms with Crippen LogP contribution >= 0.6 is 0 Å². The van der Waals surface area contributed by atoms with Crippen molar-refractivity contribution >= 4 is 17.7 Å². The molecule has 8 heteroatoms. The lowest BCUT2D eigenvalue weighted by atomic mass is 10.0. The molecule has 26 heavy (non-hydrogen) atoms. The zero-order valence-corrected chi connectivity index (χ0v) is 14.8. The van der Waals surface area contributed by atoms with Crippen LogP contribution in [-0.4, -0.2) is 53.0 Å². The maximum Gasteiger partial charge on any atom is 0.273 e. The monoisotopic (exact) mass is 355 g/mol. The number of aromatic amines is 1. The number of aryl methyl sites for hydroxylation is 1. The third kappa shape index (κ3) is 3.09. The Morgan fingerprint density at radius 1 is 1.31 bits per heavy atom. The van der Waals surface area contributed by atoms with E-state index in [-0.39, 0.29) is 5.91 Å². The Morgan fingerprint density at radius 3 is 2.85 bits per heavy atom. The van der Waals surface area contributed by atoms with Crippen LogP contribution in [-0.2, 0) is 16.1 Å². The van der Waals surface area contributed by atoms with Crippen molar-refractivity contribution in [1.29, 1.82) is 0 Å². The molecule has 136 valence electrons. The molecule has 0 bridgehead atoms. The maximum absolute atomic E-state index is 12.2. The van der Waals surface area contributed by atoms with Gasteiger partial charge in [-0.2, -0.15) is 5.10 Å². The SMILES string of the molecule is Cc1[nH]c(C=C2C(=O)NN=C2c2ccno2)c(C)c1CN1CCOCC1. The molecule has 0 atom stereocenters. The summed E-state index contributed by atoms with van der Waals surface area (Å²) in [6.45, 7) is 8.42. The Labute approximate surface area is 150 Å². The molecule has 2 aliphatic heterocycles. The molecule has 0 saturated carbocycles. The van der Waals surface area contributed by atoms with Crippen molar-refractivity contribution in [2.45, 2.75) is 20.4 Å². The quantitative estimate of drug-likeness (QED) is 0.808. The van der Waals surface area contributed by atoms with Gasteiger partial charge in [-0.25, -0.2) is 5.43 Å². The number of carbonyl (C=O) groups excluding carboxylic acids is 1. The summed E-state index contributed by atoms with van der Waals surface area (Å²) in [4.78, 5) is 18.0. The Balaban J connectivity index is 1.63. The molecule has 4 rings (SSSR count). The number of ether oxygens (including phenoxy) is 1. The van der Waals surface area contributed by atoms with Gasteiger partial charge in [0, 0.05) is 37.1 Å². The highest BCUT2D eigenvalue weighted by atomic mass is 16.5. The van der Waals surface area contributed by atoms with Gasteiger partial charge in [-0.1, -0.05) is 5.16 Å². The fourth-order valence-corrected chi connectivity index (χ4v) is 3.32. The van der Waals surface area contributed by atoms with E-state index in [4.69, 9.17) is 9.26 Å². The van der Waals surface area contributed by atoms with E-state index in [9.17, 15) is 4.79 Å². The molecule has 2 aromatic rings. The maximum atomic E-state index is 12.2. The molecular weight excluding hydrogens is 334 g/mol. The van der Waals surface area contributed by atoms with Gasteiger partial charge < -0.3 is 14.2 Å². The summed E-state index contributed by atoms with van der Waals surface area (Å²) in [6, 6.07) is 1.68. The smallest absolute Gasteiger partial charge is 0.273 e. The summed E-state index contributed by atoms with van der Waals surface area (Å²) in [6.07, 6.45) is 3.36. The molecule has 2 aliphatic rings. The van der Waals surface area contributed by atoms with Gasteiger partial charge >= 0.3 is 0 Å². The largest absolute Gasteiger partial charge is 0.379 e. The van der Waals surface area contributed by atoms with Crippen molar-refractivity contribution in [3.05, 3.63) is 46.1 Å². The van der Waals surface area contributed by atoms with Gasteiger partial charge in [-0.3, -0.25) is 9.69 Å².